The lowest BCUT2D eigenvalue weighted by Gasteiger charge is -2.06. The van der Waals surface area contributed by atoms with Crippen LogP contribution in [0.1, 0.15) is 11.1 Å². The fourth-order valence-corrected chi connectivity index (χ4v) is 2.92. The Bertz CT molecular complexity index is 544. The Labute approximate surface area is 135 Å². The molecule has 0 aliphatic rings. The highest BCUT2D eigenvalue weighted by molar-refractivity contribution is 14.1. The van der Waals surface area contributed by atoms with Gasteiger partial charge in [-0.1, -0.05) is 42.5 Å². The van der Waals surface area contributed by atoms with Crippen LogP contribution in [0.15, 0.2) is 54.6 Å². The summed E-state index contributed by atoms with van der Waals surface area (Å²) in [5.41, 5.74) is 2.46. The molecule has 18 heavy (non-hydrogen) atoms. The third-order valence-corrected chi connectivity index (χ3v) is 5.92. The van der Waals surface area contributed by atoms with Gasteiger partial charge in [0.25, 0.3) is 0 Å². The minimum absolute atomic E-state index is 0.887. The van der Waals surface area contributed by atoms with Crippen LogP contribution in [0.2, 0.25) is 0 Å². The van der Waals surface area contributed by atoms with Gasteiger partial charge in [0.1, 0.15) is 5.75 Å². The van der Waals surface area contributed by atoms with E-state index in [1.54, 1.807) is 7.11 Å². The van der Waals surface area contributed by atoms with Gasteiger partial charge < -0.3 is 4.74 Å². The van der Waals surface area contributed by atoms with E-state index in [0.717, 1.165) is 5.75 Å². The van der Waals surface area contributed by atoms with Crippen LogP contribution >= 0.6 is 45.2 Å². The lowest BCUT2D eigenvalue weighted by molar-refractivity contribution is 0.415. The molecule has 0 bridgehead atoms. The number of benzene rings is 2. The number of hydrogen-bond donors (Lipinski definition) is 0. The molecule has 2 rings (SSSR count). The highest BCUT2D eigenvalue weighted by Gasteiger charge is 2.06. The van der Waals surface area contributed by atoms with Gasteiger partial charge in [-0.15, -0.1) is 0 Å². The summed E-state index contributed by atoms with van der Waals surface area (Å²) in [6.45, 7) is 0. The summed E-state index contributed by atoms with van der Waals surface area (Å²) in [6, 6.07) is 18.6. The van der Waals surface area contributed by atoms with E-state index in [1.807, 2.05) is 18.2 Å². The molecule has 92 valence electrons. The van der Waals surface area contributed by atoms with E-state index in [0.29, 0.717) is 0 Å². The molecule has 0 amide bonds. The third-order valence-electron chi connectivity index (χ3n) is 2.56. The van der Waals surface area contributed by atoms with Gasteiger partial charge in [-0.2, -0.15) is 0 Å². The highest BCUT2D eigenvalue weighted by Crippen LogP contribution is 2.36. The van der Waals surface area contributed by atoms with Gasteiger partial charge in [-0.05, 0) is 68.4 Å². The highest BCUT2D eigenvalue weighted by atomic mass is 127. The van der Waals surface area contributed by atoms with Gasteiger partial charge in [0, 0.05) is 7.16 Å². The molecule has 0 heterocycles. The maximum absolute atomic E-state index is 5.17. The molecule has 0 saturated carbocycles. The van der Waals surface area contributed by atoms with Crippen molar-refractivity contribution in [1.82, 2.24) is 0 Å². The Morgan fingerprint density at radius 3 is 1.78 bits per heavy atom. The first kappa shape index (κ1) is 13.9. The first-order valence-corrected chi connectivity index (χ1v) is 7.63. The van der Waals surface area contributed by atoms with Crippen molar-refractivity contribution in [3.8, 4) is 5.75 Å². The van der Waals surface area contributed by atoms with Crippen molar-refractivity contribution >= 4 is 52.3 Å². The zero-order chi connectivity index (χ0) is 13.0. The second-order valence-corrected chi connectivity index (χ2v) is 5.88. The summed E-state index contributed by atoms with van der Waals surface area (Å²) in [6.07, 6.45) is 0. The van der Waals surface area contributed by atoms with Gasteiger partial charge in [-0.3, -0.25) is 0 Å². The normalized spacial score (nSPS) is 11.9. The van der Waals surface area contributed by atoms with E-state index in [2.05, 4.69) is 81.6 Å². The standard InChI is InChI=1S/C15H12I2O/c1-18-13-9-7-12(8-10-13)15(17)14(16)11-5-3-2-4-6-11/h2-10H,1H3/b15-14+. The van der Waals surface area contributed by atoms with Crippen molar-refractivity contribution in [3.05, 3.63) is 65.7 Å². The smallest absolute Gasteiger partial charge is 0.118 e. The lowest BCUT2D eigenvalue weighted by atomic mass is 10.1. The molecule has 1 nitrogen and oxygen atoms in total. The monoisotopic (exact) mass is 462 g/mol. The van der Waals surface area contributed by atoms with Crippen LogP contribution in [-0.4, -0.2) is 7.11 Å². The Morgan fingerprint density at radius 2 is 1.28 bits per heavy atom. The van der Waals surface area contributed by atoms with E-state index in [1.165, 1.54) is 18.3 Å². The fourth-order valence-electron chi connectivity index (χ4n) is 1.58. The Balaban J connectivity index is 2.37. The number of rotatable bonds is 3. The van der Waals surface area contributed by atoms with Crippen LogP contribution in [0, 0.1) is 0 Å². The quantitative estimate of drug-likeness (QED) is 0.439. The minimum Gasteiger partial charge on any atom is -0.497 e. The summed E-state index contributed by atoms with van der Waals surface area (Å²) >= 11 is 4.79. The number of hydrogen-bond acceptors (Lipinski definition) is 1. The van der Waals surface area contributed by atoms with Crippen molar-refractivity contribution in [2.24, 2.45) is 0 Å². The van der Waals surface area contributed by atoms with Crippen LogP contribution in [0.5, 0.6) is 5.75 Å². The molecule has 0 unspecified atom stereocenters. The predicted octanol–water partition coefficient (Wildman–Crippen LogP) is 5.39. The molecule has 0 radical (unpaired) electrons. The molecule has 2 aromatic rings. The molecule has 0 atom stereocenters. The second kappa shape index (κ2) is 6.56. The van der Waals surface area contributed by atoms with Crippen molar-refractivity contribution in [2.45, 2.75) is 0 Å². The summed E-state index contributed by atoms with van der Waals surface area (Å²) in [5, 5.41) is 0. The van der Waals surface area contributed by atoms with Crippen molar-refractivity contribution in [1.29, 1.82) is 0 Å². The van der Waals surface area contributed by atoms with Gasteiger partial charge in [0.05, 0.1) is 7.11 Å². The van der Waals surface area contributed by atoms with Crippen LogP contribution < -0.4 is 4.74 Å². The molecule has 0 saturated heterocycles. The average molecular weight is 462 g/mol. The predicted molar refractivity (Wildman–Crippen MR) is 94.3 cm³/mol. The molecular weight excluding hydrogens is 450 g/mol. The van der Waals surface area contributed by atoms with Crippen LogP contribution in [0.3, 0.4) is 0 Å². The molecule has 3 heteroatoms. The first-order valence-electron chi connectivity index (χ1n) is 5.47. The number of ether oxygens (including phenoxy) is 1. The van der Waals surface area contributed by atoms with E-state index in [-0.39, 0.29) is 0 Å². The number of halogens is 2. The molecule has 2 aromatic carbocycles. The maximum atomic E-state index is 5.17. The van der Waals surface area contributed by atoms with Gasteiger partial charge in [0.15, 0.2) is 0 Å². The molecule has 0 spiro atoms. The Hall–Kier alpha value is -0.560. The van der Waals surface area contributed by atoms with Gasteiger partial charge >= 0.3 is 0 Å². The minimum atomic E-state index is 0.887. The van der Waals surface area contributed by atoms with E-state index in [4.69, 9.17) is 4.74 Å². The number of methoxy groups -OCH3 is 1. The zero-order valence-corrected chi connectivity index (χ0v) is 14.2. The first-order chi connectivity index (χ1) is 8.72. The topological polar surface area (TPSA) is 9.23 Å². The fraction of sp³-hybridized carbons (Fsp3) is 0.0667. The molecule has 0 aliphatic heterocycles. The van der Waals surface area contributed by atoms with Crippen molar-refractivity contribution in [2.75, 3.05) is 7.11 Å². The summed E-state index contributed by atoms with van der Waals surface area (Å²) in [7, 11) is 1.68. The van der Waals surface area contributed by atoms with Crippen molar-refractivity contribution in [3.63, 3.8) is 0 Å². The van der Waals surface area contributed by atoms with E-state index in [9.17, 15) is 0 Å². The average Bonchev–Trinajstić information content (AvgIpc) is 2.47. The van der Waals surface area contributed by atoms with E-state index >= 15 is 0 Å². The van der Waals surface area contributed by atoms with Crippen LogP contribution in [0.4, 0.5) is 0 Å². The summed E-state index contributed by atoms with van der Waals surface area (Å²) < 4.78 is 7.69. The van der Waals surface area contributed by atoms with Gasteiger partial charge in [-0.25, -0.2) is 0 Å². The third kappa shape index (κ3) is 3.26. The van der Waals surface area contributed by atoms with Crippen molar-refractivity contribution < 1.29 is 4.74 Å². The summed E-state index contributed by atoms with van der Waals surface area (Å²) in [5.74, 6) is 0.887. The zero-order valence-electron chi connectivity index (χ0n) is 9.86. The molecular formula is C15H12I2O. The molecule has 0 fully saturated rings. The molecule has 0 aromatic heterocycles. The maximum Gasteiger partial charge on any atom is 0.118 e. The Morgan fingerprint density at radius 1 is 0.778 bits per heavy atom. The summed E-state index contributed by atoms with van der Waals surface area (Å²) in [4.78, 5) is 0. The molecule has 0 N–H and O–H groups in total. The SMILES string of the molecule is COc1ccc(/C(I)=C(\I)c2ccccc2)cc1. The van der Waals surface area contributed by atoms with Gasteiger partial charge in [0.2, 0.25) is 0 Å². The van der Waals surface area contributed by atoms with Crippen LogP contribution in [0.25, 0.3) is 7.16 Å². The lowest BCUT2D eigenvalue weighted by Crippen LogP contribution is -1.84. The van der Waals surface area contributed by atoms with E-state index < -0.39 is 0 Å². The molecule has 0 aliphatic carbocycles. The largest absolute Gasteiger partial charge is 0.497 e. The van der Waals surface area contributed by atoms with Crippen LogP contribution in [-0.2, 0) is 0 Å². The Kier molecular flexibility index (Phi) is 5.05. The second-order valence-electron chi connectivity index (χ2n) is 3.72.